The quantitative estimate of drug-likeness (QED) is 0.605. The number of aromatic nitrogens is 1. The molecule has 0 amide bonds. The molecule has 0 N–H and O–H groups in total. The third-order valence-corrected chi connectivity index (χ3v) is 1.01. The van der Waals surface area contributed by atoms with Gasteiger partial charge in [-0.2, -0.15) is 0 Å². The molecular formula is C8H7NO3S. The van der Waals surface area contributed by atoms with Gasteiger partial charge >= 0.3 is 10.6 Å². The number of rotatable bonds is 1. The van der Waals surface area contributed by atoms with Crippen molar-refractivity contribution in [2.24, 2.45) is 0 Å². The van der Waals surface area contributed by atoms with Crippen LogP contribution in [-0.2, 0) is 17.0 Å². The molecule has 0 spiro atoms. The van der Waals surface area contributed by atoms with Gasteiger partial charge in [0.1, 0.15) is 0 Å². The third-order valence-electron chi connectivity index (χ3n) is 1.01. The van der Waals surface area contributed by atoms with Gasteiger partial charge in [0, 0.05) is 6.20 Å². The van der Waals surface area contributed by atoms with E-state index in [1.54, 1.807) is 6.20 Å². The molecule has 0 unspecified atom stereocenters. The van der Waals surface area contributed by atoms with Gasteiger partial charge in [0.25, 0.3) is 0 Å². The maximum absolute atomic E-state index is 8.44. The van der Waals surface area contributed by atoms with E-state index in [4.69, 9.17) is 19.1 Å². The number of nitrogens with zero attached hydrogens (tertiary/aromatic N) is 1. The number of terminal acetylenes is 1. The molecule has 0 bridgehead atoms. The van der Waals surface area contributed by atoms with Crippen LogP contribution in [0, 0.1) is 12.3 Å². The Morgan fingerprint density at radius 2 is 2.00 bits per heavy atom. The molecule has 0 aliphatic carbocycles. The highest BCUT2D eigenvalue weighted by molar-refractivity contribution is 7.59. The van der Waals surface area contributed by atoms with Crippen LogP contribution < -0.4 is 0 Å². The molecule has 68 valence electrons. The highest BCUT2D eigenvalue weighted by atomic mass is 32.2. The van der Waals surface area contributed by atoms with Crippen LogP contribution in [0.5, 0.6) is 0 Å². The molecule has 13 heavy (non-hydrogen) atoms. The van der Waals surface area contributed by atoms with Gasteiger partial charge in [0.05, 0.1) is 12.1 Å². The first-order valence-electron chi connectivity index (χ1n) is 3.27. The predicted molar refractivity (Wildman–Crippen MR) is 46.5 cm³/mol. The van der Waals surface area contributed by atoms with Crippen LogP contribution in [0.25, 0.3) is 0 Å². The summed E-state index contributed by atoms with van der Waals surface area (Å²) in [6.07, 6.45) is 7.44. The van der Waals surface area contributed by atoms with Crippen LogP contribution in [0.15, 0.2) is 24.4 Å². The number of hydrogen-bond acceptors (Lipinski definition) is 4. The van der Waals surface area contributed by atoms with E-state index in [9.17, 15) is 0 Å². The highest BCUT2D eigenvalue weighted by Crippen LogP contribution is 1.91. The Morgan fingerprint density at radius 1 is 1.38 bits per heavy atom. The third kappa shape index (κ3) is 8.23. The molecule has 0 saturated carbocycles. The zero-order valence-electron chi connectivity index (χ0n) is 6.67. The Balaban J connectivity index is 0.000000310. The van der Waals surface area contributed by atoms with E-state index in [0.717, 1.165) is 5.69 Å². The lowest BCUT2D eigenvalue weighted by Crippen LogP contribution is -1.83. The van der Waals surface area contributed by atoms with Crippen LogP contribution in [0.3, 0.4) is 0 Å². The minimum atomic E-state index is -3.11. The van der Waals surface area contributed by atoms with E-state index < -0.39 is 10.6 Å². The SMILES string of the molecule is C#CCc1ccccn1.O=S(=O)=O. The molecule has 1 aromatic rings. The average molecular weight is 197 g/mol. The van der Waals surface area contributed by atoms with E-state index in [2.05, 4.69) is 10.9 Å². The largest absolute Gasteiger partial charge is 0.425 e. The second-order valence-electron chi connectivity index (χ2n) is 1.91. The Bertz CT molecular complexity index is 369. The van der Waals surface area contributed by atoms with Crippen LogP contribution in [0.2, 0.25) is 0 Å². The number of hydrogen-bond donors (Lipinski definition) is 0. The van der Waals surface area contributed by atoms with E-state index in [0.29, 0.717) is 6.42 Å². The first-order valence-corrected chi connectivity index (χ1v) is 4.27. The maximum atomic E-state index is 8.44. The first-order chi connectivity index (χ1) is 6.16. The van der Waals surface area contributed by atoms with Gasteiger partial charge in [-0.25, -0.2) is 0 Å². The summed E-state index contributed by atoms with van der Waals surface area (Å²) < 4.78 is 25.3. The Labute approximate surface area is 77.7 Å². The van der Waals surface area contributed by atoms with Crippen LogP contribution in [0.4, 0.5) is 0 Å². The van der Waals surface area contributed by atoms with E-state index in [-0.39, 0.29) is 0 Å². The van der Waals surface area contributed by atoms with Crippen molar-refractivity contribution < 1.29 is 12.6 Å². The van der Waals surface area contributed by atoms with Gasteiger partial charge < -0.3 is 0 Å². The molecule has 1 heterocycles. The molecule has 0 fully saturated rings. The molecule has 5 heteroatoms. The van der Waals surface area contributed by atoms with Gasteiger partial charge in [-0.15, -0.1) is 25.0 Å². The molecule has 0 radical (unpaired) electrons. The van der Waals surface area contributed by atoms with Crippen molar-refractivity contribution in [1.82, 2.24) is 4.98 Å². The van der Waals surface area contributed by atoms with Gasteiger partial charge in [-0.05, 0) is 12.1 Å². The van der Waals surface area contributed by atoms with Crippen molar-refractivity contribution in [3.8, 4) is 12.3 Å². The predicted octanol–water partition coefficient (Wildman–Crippen LogP) is 0.253. The summed E-state index contributed by atoms with van der Waals surface area (Å²) in [5.41, 5.74) is 0.958. The fourth-order valence-corrected chi connectivity index (χ4v) is 0.607. The average Bonchev–Trinajstić information content (AvgIpc) is 2.06. The summed E-state index contributed by atoms with van der Waals surface area (Å²) in [5, 5.41) is 0. The molecule has 1 aromatic heterocycles. The van der Waals surface area contributed by atoms with E-state index in [1.807, 2.05) is 18.2 Å². The zero-order chi connectivity index (χ0) is 10.1. The minimum Gasteiger partial charge on any atom is -0.260 e. The number of pyridine rings is 1. The molecule has 0 aliphatic heterocycles. The summed E-state index contributed by atoms with van der Waals surface area (Å²) in [7, 11) is -3.11. The summed E-state index contributed by atoms with van der Waals surface area (Å²) >= 11 is 0. The fraction of sp³-hybridized carbons (Fsp3) is 0.125. The Hall–Kier alpha value is -1.67. The lowest BCUT2D eigenvalue weighted by molar-refractivity contribution is 0.559. The summed E-state index contributed by atoms with van der Waals surface area (Å²) in [5.74, 6) is 2.52. The second kappa shape index (κ2) is 7.00. The topological polar surface area (TPSA) is 64.1 Å². The normalized spacial score (nSPS) is 7.62. The zero-order valence-corrected chi connectivity index (χ0v) is 7.49. The van der Waals surface area contributed by atoms with Crippen LogP contribution >= 0.6 is 0 Å². The van der Waals surface area contributed by atoms with Crippen LogP contribution in [0.1, 0.15) is 5.69 Å². The molecular weight excluding hydrogens is 190 g/mol. The standard InChI is InChI=1S/C8H7N.O3S/c1-2-5-8-6-3-4-7-9-8;1-4(2)3/h1,3-4,6-7H,5H2;. The van der Waals surface area contributed by atoms with Crippen molar-refractivity contribution in [3.63, 3.8) is 0 Å². The molecule has 0 aromatic carbocycles. The highest BCUT2D eigenvalue weighted by Gasteiger charge is 1.84. The van der Waals surface area contributed by atoms with Crippen molar-refractivity contribution >= 4 is 10.6 Å². The second-order valence-corrected chi connectivity index (χ2v) is 2.31. The lowest BCUT2D eigenvalue weighted by atomic mass is 10.3. The monoisotopic (exact) mass is 197 g/mol. The summed E-state index contributed by atoms with van der Waals surface area (Å²) in [6.45, 7) is 0. The first kappa shape index (κ1) is 11.3. The molecule has 0 aliphatic rings. The molecule has 0 saturated heterocycles. The lowest BCUT2D eigenvalue weighted by Gasteiger charge is -1.88. The van der Waals surface area contributed by atoms with Gasteiger partial charge in [0.2, 0.25) is 0 Å². The smallest absolute Gasteiger partial charge is 0.260 e. The van der Waals surface area contributed by atoms with Gasteiger partial charge in [0.15, 0.2) is 0 Å². The molecule has 0 atom stereocenters. The maximum Gasteiger partial charge on any atom is 0.425 e. The Morgan fingerprint density at radius 3 is 2.38 bits per heavy atom. The van der Waals surface area contributed by atoms with Gasteiger partial charge in [-0.1, -0.05) is 6.07 Å². The van der Waals surface area contributed by atoms with Crippen molar-refractivity contribution in [3.05, 3.63) is 30.1 Å². The van der Waals surface area contributed by atoms with Gasteiger partial charge in [-0.3, -0.25) is 4.98 Å². The Kier molecular flexibility index (Phi) is 6.11. The van der Waals surface area contributed by atoms with Crippen LogP contribution in [-0.4, -0.2) is 17.6 Å². The molecule has 1 rings (SSSR count). The minimum absolute atomic E-state index is 0.626. The summed E-state index contributed by atoms with van der Waals surface area (Å²) in [4.78, 5) is 4.03. The van der Waals surface area contributed by atoms with Crippen molar-refractivity contribution in [1.29, 1.82) is 0 Å². The molecule has 4 nitrogen and oxygen atoms in total. The summed E-state index contributed by atoms with van der Waals surface area (Å²) in [6, 6.07) is 5.72. The van der Waals surface area contributed by atoms with E-state index in [1.165, 1.54) is 0 Å². The van der Waals surface area contributed by atoms with Crippen molar-refractivity contribution in [2.75, 3.05) is 0 Å². The van der Waals surface area contributed by atoms with E-state index >= 15 is 0 Å². The fourth-order valence-electron chi connectivity index (χ4n) is 0.607. The van der Waals surface area contributed by atoms with Crippen molar-refractivity contribution in [2.45, 2.75) is 6.42 Å².